The van der Waals surface area contributed by atoms with Gasteiger partial charge in [-0.25, -0.2) is 4.99 Å². The highest BCUT2D eigenvalue weighted by Crippen LogP contribution is 2.31. The lowest BCUT2D eigenvalue weighted by Crippen LogP contribution is -2.30. The highest BCUT2D eigenvalue weighted by atomic mass is 16.5. The standard InChI is InChI=1S/C27H22N4O3/c1-17(18-8-4-3-5-9-18)29-27(33)23(16-28)24-21-10-6-7-11-22(21)25(30-24)31-26(32)19-12-14-20(34-2)15-13-19/h3-15,17H,1-2H3,(H,29,33)(H,30,31,32)/b24-23-. The van der Waals surface area contributed by atoms with E-state index in [-0.39, 0.29) is 29.1 Å². The van der Waals surface area contributed by atoms with E-state index in [1.54, 1.807) is 55.6 Å². The van der Waals surface area contributed by atoms with Crippen LogP contribution >= 0.6 is 0 Å². The van der Waals surface area contributed by atoms with E-state index >= 15 is 0 Å². The van der Waals surface area contributed by atoms with E-state index in [9.17, 15) is 14.9 Å². The quantitative estimate of drug-likeness (QED) is 0.453. The first-order valence-corrected chi connectivity index (χ1v) is 10.7. The van der Waals surface area contributed by atoms with Gasteiger partial charge >= 0.3 is 0 Å². The molecule has 34 heavy (non-hydrogen) atoms. The number of methoxy groups -OCH3 is 1. The second kappa shape index (κ2) is 9.84. The van der Waals surface area contributed by atoms with Crippen molar-refractivity contribution in [3.05, 3.63) is 107 Å². The molecule has 0 radical (unpaired) electrons. The van der Waals surface area contributed by atoms with Crippen molar-refractivity contribution in [1.82, 2.24) is 10.6 Å². The molecule has 3 aromatic carbocycles. The fourth-order valence-electron chi connectivity index (χ4n) is 3.64. The van der Waals surface area contributed by atoms with Crippen LogP contribution in [0.2, 0.25) is 0 Å². The number of nitrogens with zero attached hydrogens (tertiary/aromatic N) is 2. The summed E-state index contributed by atoms with van der Waals surface area (Å²) in [7, 11) is 1.55. The maximum absolute atomic E-state index is 13.0. The Balaban J connectivity index is 1.64. The lowest BCUT2D eigenvalue weighted by Gasteiger charge is -2.14. The number of nitriles is 1. The summed E-state index contributed by atoms with van der Waals surface area (Å²) in [6.45, 7) is 1.85. The van der Waals surface area contributed by atoms with Gasteiger partial charge in [-0.15, -0.1) is 0 Å². The minimum Gasteiger partial charge on any atom is -0.497 e. The molecule has 7 nitrogen and oxygen atoms in total. The van der Waals surface area contributed by atoms with Crippen molar-refractivity contribution in [1.29, 1.82) is 5.26 Å². The van der Waals surface area contributed by atoms with Gasteiger partial charge in [-0.3, -0.25) is 9.59 Å². The molecule has 2 N–H and O–H groups in total. The Morgan fingerprint density at radius 3 is 2.24 bits per heavy atom. The summed E-state index contributed by atoms with van der Waals surface area (Å²) >= 11 is 0. The predicted molar refractivity (Wildman–Crippen MR) is 129 cm³/mol. The second-order valence-corrected chi connectivity index (χ2v) is 7.63. The number of aliphatic imine (C=N–C) groups is 1. The van der Waals surface area contributed by atoms with E-state index in [0.717, 1.165) is 5.56 Å². The molecule has 0 saturated heterocycles. The van der Waals surface area contributed by atoms with Crippen LogP contribution in [0, 0.1) is 11.3 Å². The van der Waals surface area contributed by atoms with Crippen molar-refractivity contribution >= 4 is 23.3 Å². The monoisotopic (exact) mass is 450 g/mol. The fraction of sp³-hybridized carbons (Fsp3) is 0.111. The van der Waals surface area contributed by atoms with Crippen molar-refractivity contribution in [3.63, 3.8) is 0 Å². The summed E-state index contributed by atoms with van der Waals surface area (Å²) in [5.74, 6) is 0.0241. The topological polar surface area (TPSA) is 104 Å². The third-order valence-electron chi connectivity index (χ3n) is 5.47. The molecule has 1 unspecified atom stereocenters. The molecule has 4 rings (SSSR count). The van der Waals surface area contributed by atoms with Gasteiger partial charge in [0, 0.05) is 16.7 Å². The van der Waals surface area contributed by atoms with Gasteiger partial charge in [0.15, 0.2) is 0 Å². The van der Waals surface area contributed by atoms with E-state index in [0.29, 0.717) is 22.4 Å². The Labute approximate surface area is 197 Å². The van der Waals surface area contributed by atoms with Crippen molar-refractivity contribution in [2.75, 3.05) is 7.11 Å². The molecule has 1 heterocycles. The van der Waals surface area contributed by atoms with Gasteiger partial charge in [-0.1, -0.05) is 54.6 Å². The first-order chi connectivity index (χ1) is 16.5. The Bertz CT molecular complexity index is 1340. The molecule has 0 bridgehead atoms. The molecule has 0 aromatic heterocycles. The van der Waals surface area contributed by atoms with Crippen LogP contribution in [-0.2, 0) is 4.79 Å². The van der Waals surface area contributed by atoms with Crippen LogP contribution < -0.4 is 15.4 Å². The van der Waals surface area contributed by atoms with Gasteiger partial charge in [0.25, 0.3) is 11.8 Å². The van der Waals surface area contributed by atoms with Crippen molar-refractivity contribution in [2.45, 2.75) is 13.0 Å². The van der Waals surface area contributed by atoms with Gasteiger partial charge < -0.3 is 15.4 Å². The maximum atomic E-state index is 13.0. The maximum Gasteiger partial charge on any atom is 0.264 e. The van der Waals surface area contributed by atoms with Crippen LogP contribution in [-0.4, -0.2) is 24.8 Å². The Morgan fingerprint density at radius 2 is 1.59 bits per heavy atom. The molecule has 0 aliphatic carbocycles. The molecule has 1 aliphatic rings. The molecule has 1 aliphatic heterocycles. The van der Waals surface area contributed by atoms with Crippen LogP contribution in [0.4, 0.5) is 0 Å². The van der Waals surface area contributed by atoms with Crippen LogP contribution in [0.3, 0.4) is 0 Å². The van der Waals surface area contributed by atoms with Crippen molar-refractivity contribution in [3.8, 4) is 11.8 Å². The Kier molecular flexibility index (Phi) is 6.51. The molecular weight excluding hydrogens is 428 g/mol. The molecule has 3 aromatic rings. The summed E-state index contributed by atoms with van der Waals surface area (Å²) in [4.78, 5) is 30.3. The molecular formula is C27H22N4O3. The summed E-state index contributed by atoms with van der Waals surface area (Å²) in [6.07, 6.45) is 0. The summed E-state index contributed by atoms with van der Waals surface area (Å²) in [6, 6.07) is 25.0. The molecule has 0 saturated carbocycles. The predicted octanol–water partition coefficient (Wildman–Crippen LogP) is 4.00. The number of nitrogens with one attached hydrogen (secondary N) is 2. The Morgan fingerprint density at radius 1 is 0.941 bits per heavy atom. The minimum atomic E-state index is -0.532. The molecule has 0 fully saturated rings. The summed E-state index contributed by atoms with van der Waals surface area (Å²) in [5.41, 5.74) is 2.68. The number of fused-ring (bicyclic) bond motifs is 1. The van der Waals surface area contributed by atoms with E-state index in [4.69, 9.17) is 4.74 Å². The number of hydrogen-bond donors (Lipinski definition) is 2. The molecule has 0 spiro atoms. The van der Waals surface area contributed by atoms with Crippen LogP contribution in [0.25, 0.3) is 5.70 Å². The zero-order chi connectivity index (χ0) is 24.1. The normalized spacial score (nSPS) is 14.2. The van der Waals surface area contributed by atoms with E-state index in [1.165, 1.54) is 0 Å². The number of hydrogen-bond acceptors (Lipinski definition) is 5. The van der Waals surface area contributed by atoms with Gasteiger partial charge in [-0.2, -0.15) is 5.26 Å². The number of carbonyl (C=O) groups is 2. The molecule has 2 amide bonds. The Hall–Kier alpha value is -4.70. The zero-order valence-corrected chi connectivity index (χ0v) is 18.7. The molecule has 7 heteroatoms. The third kappa shape index (κ3) is 4.57. The number of amidine groups is 1. The SMILES string of the molecule is COc1ccc(C(=O)NC2=N/C(=C(/C#N)C(=O)NC(C)c3ccccc3)c3ccccc32)cc1. The smallest absolute Gasteiger partial charge is 0.264 e. The number of benzene rings is 3. The largest absolute Gasteiger partial charge is 0.497 e. The minimum absolute atomic E-state index is 0.121. The van der Waals surface area contributed by atoms with E-state index < -0.39 is 5.91 Å². The number of amides is 2. The average Bonchev–Trinajstić information content (AvgIpc) is 3.23. The van der Waals surface area contributed by atoms with Gasteiger partial charge in [0.05, 0.1) is 18.8 Å². The fourth-order valence-corrected chi connectivity index (χ4v) is 3.64. The summed E-state index contributed by atoms with van der Waals surface area (Å²) in [5, 5.41) is 15.5. The third-order valence-corrected chi connectivity index (χ3v) is 5.47. The summed E-state index contributed by atoms with van der Waals surface area (Å²) < 4.78 is 5.13. The average molecular weight is 450 g/mol. The first-order valence-electron chi connectivity index (χ1n) is 10.7. The zero-order valence-electron chi connectivity index (χ0n) is 18.7. The van der Waals surface area contributed by atoms with Crippen molar-refractivity contribution < 1.29 is 14.3 Å². The lowest BCUT2D eigenvalue weighted by atomic mass is 10.0. The molecule has 168 valence electrons. The van der Waals surface area contributed by atoms with E-state index in [2.05, 4.69) is 15.6 Å². The van der Waals surface area contributed by atoms with Gasteiger partial charge in [-0.05, 0) is 36.8 Å². The number of carbonyl (C=O) groups excluding carboxylic acids is 2. The van der Waals surface area contributed by atoms with Gasteiger partial charge in [0.1, 0.15) is 23.2 Å². The van der Waals surface area contributed by atoms with E-state index in [1.807, 2.05) is 43.3 Å². The van der Waals surface area contributed by atoms with Crippen LogP contribution in [0.15, 0.2) is 89.4 Å². The number of ether oxygens (including phenoxy) is 1. The van der Waals surface area contributed by atoms with Crippen LogP contribution in [0.5, 0.6) is 5.75 Å². The second-order valence-electron chi connectivity index (χ2n) is 7.63. The van der Waals surface area contributed by atoms with Crippen molar-refractivity contribution in [2.24, 2.45) is 4.99 Å². The highest BCUT2D eigenvalue weighted by molar-refractivity contribution is 6.20. The van der Waals surface area contributed by atoms with Gasteiger partial charge in [0.2, 0.25) is 0 Å². The molecule has 1 atom stereocenters. The lowest BCUT2D eigenvalue weighted by molar-refractivity contribution is -0.117. The van der Waals surface area contributed by atoms with Crippen LogP contribution in [0.1, 0.15) is 40.0 Å². The first kappa shape index (κ1) is 22.5. The highest BCUT2D eigenvalue weighted by Gasteiger charge is 2.28. The number of rotatable bonds is 5.